The number of carbonyl (C=O) groups is 1. The quantitative estimate of drug-likeness (QED) is 0.834. The summed E-state index contributed by atoms with van der Waals surface area (Å²) >= 11 is 1.75. The number of hydrogen-bond donors (Lipinski definition) is 1. The smallest absolute Gasteiger partial charge is 0.335 e. The molecule has 0 aliphatic rings. The summed E-state index contributed by atoms with van der Waals surface area (Å²) in [4.78, 5) is 12.0. The predicted molar refractivity (Wildman–Crippen MR) is 83.6 cm³/mol. The summed E-state index contributed by atoms with van der Waals surface area (Å²) in [5, 5.41) is 8.96. The SMILES string of the molecule is Cc1cc(C)cc(CSc2ccc(C(=O)O)cc2C)c1. The number of aryl methyl sites for hydroxylation is 3. The average molecular weight is 286 g/mol. The van der Waals surface area contributed by atoms with E-state index in [9.17, 15) is 4.79 Å². The van der Waals surface area contributed by atoms with E-state index in [4.69, 9.17) is 5.11 Å². The van der Waals surface area contributed by atoms with Crippen LogP contribution in [0.1, 0.15) is 32.6 Å². The number of benzene rings is 2. The molecular weight excluding hydrogens is 268 g/mol. The van der Waals surface area contributed by atoms with Gasteiger partial charge in [-0.3, -0.25) is 0 Å². The lowest BCUT2D eigenvalue weighted by molar-refractivity contribution is 0.0696. The summed E-state index contributed by atoms with van der Waals surface area (Å²) in [5.41, 5.74) is 5.21. The molecule has 0 radical (unpaired) electrons. The summed E-state index contributed by atoms with van der Waals surface area (Å²) in [5.74, 6) is 0.0226. The van der Waals surface area contributed by atoms with Crippen molar-refractivity contribution < 1.29 is 9.90 Å². The van der Waals surface area contributed by atoms with Gasteiger partial charge in [-0.1, -0.05) is 29.3 Å². The van der Waals surface area contributed by atoms with Crippen LogP contribution in [-0.4, -0.2) is 11.1 Å². The van der Waals surface area contributed by atoms with Gasteiger partial charge in [0, 0.05) is 10.6 Å². The lowest BCUT2D eigenvalue weighted by atomic mass is 10.1. The van der Waals surface area contributed by atoms with E-state index in [1.807, 2.05) is 13.0 Å². The highest BCUT2D eigenvalue weighted by atomic mass is 32.2. The molecule has 0 aliphatic heterocycles. The number of rotatable bonds is 4. The maximum Gasteiger partial charge on any atom is 0.335 e. The van der Waals surface area contributed by atoms with E-state index >= 15 is 0 Å². The molecule has 2 nitrogen and oxygen atoms in total. The Bertz CT molecular complexity index is 627. The third kappa shape index (κ3) is 3.64. The monoisotopic (exact) mass is 286 g/mol. The Morgan fingerprint density at radius 1 is 1.05 bits per heavy atom. The van der Waals surface area contributed by atoms with Gasteiger partial charge in [-0.15, -0.1) is 11.8 Å². The van der Waals surface area contributed by atoms with Crippen molar-refractivity contribution in [3.63, 3.8) is 0 Å². The average Bonchev–Trinajstić information content (AvgIpc) is 2.36. The minimum atomic E-state index is -0.876. The number of carboxylic acids is 1. The van der Waals surface area contributed by atoms with Gasteiger partial charge in [0.2, 0.25) is 0 Å². The minimum absolute atomic E-state index is 0.346. The van der Waals surface area contributed by atoms with Crippen molar-refractivity contribution in [3.8, 4) is 0 Å². The second-order valence-electron chi connectivity index (χ2n) is 5.07. The van der Waals surface area contributed by atoms with Gasteiger partial charge in [-0.05, 0) is 50.1 Å². The van der Waals surface area contributed by atoms with Gasteiger partial charge in [-0.2, -0.15) is 0 Å². The Kier molecular flexibility index (Phi) is 4.50. The lowest BCUT2D eigenvalue weighted by Crippen LogP contribution is -1.96. The van der Waals surface area contributed by atoms with E-state index in [2.05, 4.69) is 32.0 Å². The molecule has 0 spiro atoms. The van der Waals surface area contributed by atoms with Crippen LogP contribution in [0.5, 0.6) is 0 Å². The fourth-order valence-corrected chi connectivity index (χ4v) is 3.20. The zero-order valence-electron chi connectivity index (χ0n) is 11.9. The maximum absolute atomic E-state index is 10.9. The molecule has 104 valence electrons. The molecule has 0 unspecified atom stereocenters. The van der Waals surface area contributed by atoms with E-state index in [1.54, 1.807) is 23.9 Å². The first-order valence-electron chi connectivity index (χ1n) is 6.49. The van der Waals surface area contributed by atoms with Crippen LogP contribution in [0.3, 0.4) is 0 Å². The molecule has 2 aromatic carbocycles. The summed E-state index contributed by atoms with van der Waals surface area (Å²) in [6.45, 7) is 6.17. The molecule has 0 saturated carbocycles. The van der Waals surface area contributed by atoms with Gasteiger partial charge < -0.3 is 5.11 Å². The fraction of sp³-hybridized carbons (Fsp3) is 0.235. The Morgan fingerprint density at radius 2 is 1.70 bits per heavy atom. The standard InChI is InChI=1S/C17H18O2S/c1-11-6-12(2)8-14(7-11)10-20-16-5-4-15(17(18)19)9-13(16)3/h4-9H,10H2,1-3H3,(H,18,19). The maximum atomic E-state index is 10.9. The second kappa shape index (κ2) is 6.14. The molecule has 0 bridgehead atoms. The zero-order valence-corrected chi connectivity index (χ0v) is 12.8. The third-order valence-corrected chi connectivity index (χ3v) is 4.34. The molecule has 1 N–H and O–H groups in total. The van der Waals surface area contributed by atoms with Gasteiger partial charge in [0.05, 0.1) is 5.56 Å². The van der Waals surface area contributed by atoms with Gasteiger partial charge >= 0.3 is 5.97 Å². The van der Waals surface area contributed by atoms with Crippen molar-refractivity contribution in [2.24, 2.45) is 0 Å². The fourth-order valence-electron chi connectivity index (χ4n) is 2.26. The normalized spacial score (nSPS) is 10.6. The lowest BCUT2D eigenvalue weighted by Gasteiger charge is -2.08. The molecule has 0 saturated heterocycles. The van der Waals surface area contributed by atoms with E-state index in [0.717, 1.165) is 16.2 Å². The molecule has 0 atom stereocenters. The van der Waals surface area contributed by atoms with Crippen LogP contribution in [0, 0.1) is 20.8 Å². The highest BCUT2D eigenvalue weighted by Crippen LogP contribution is 2.27. The van der Waals surface area contributed by atoms with Crippen LogP contribution < -0.4 is 0 Å². The van der Waals surface area contributed by atoms with Crippen LogP contribution in [0.25, 0.3) is 0 Å². The Hall–Kier alpha value is -1.74. The van der Waals surface area contributed by atoms with Crippen LogP contribution >= 0.6 is 11.8 Å². The number of carboxylic acid groups (broad SMARTS) is 1. The van der Waals surface area contributed by atoms with Crippen molar-refractivity contribution in [3.05, 3.63) is 64.2 Å². The van der Waals surface area contributed by atoms with Crippen LogP contribution in [0.15, 0.2) is 41.3 Å². The Labute approximate surface area is 123 Å². The first-order chi connectivity index (χ1) is 9.45. The topological polar surface area (TPSA) is 37.3 Å². The molecule has 20 heavy (non-hydrogen) atoms. The van der Waals surface area contributed by atoms with Crippen LogP contribution in [0.4, 0.5) is 0 Å². The number of hydrogen-bond acceptors (Lipinski definition) is 2. The van der Waals surface area contributed by atoms with Crippen LogP contribution in [-0.2, 0) is 5.75 Å². The van der Waals surface area contributed by atoms with E-state index in [-0.39, 0.29) is 0 Å². The first-order valence-corrected chi connectivity index (χ1v) is 7.48. The molecule has 3 heteroatoms. The molecular formula is C17H18O2S. The number of aromatic carboxylic acids is 1. The summed E-state index contributed by atoms with van der Waals surface area (Å²) in [6, 6.07) is 11.8. The van der Waals surface area contributed by atoms with E-state index in [0.29, 0.717) is 5.56 Å². The van der Waals surface area contributed by atoms with Gasteiger partial charge in [0.25, 0.3) is 0 Å². The van der Waals surface area contributed by atoms with Crippen molar-refractivity contribution in [1.82, 2.24) is 0 Å². The molecule has 2 rings (SSSR count). The molecule has 0 aliphatic carbocycles. The molecule has 0 amide bonds. The highest BCUT2D eigenvalue weighted by Gasteiger charge is 2.06. The summed E-state index contributed by atoms with van der Waals surface area (Å²) in [7, 11) is 0. The van der Waals surface area contributed by atoms with Crippen molar-refractivity contribution >= 4 is 17.7 Å². The summed E-state index contributed by atoms with van der Waals surface area (Å²) in [6.07, 6.45) is 0. The number of thioether (sulfide) groups is 1. The van der Waals surface area contributed by atoms with Gasteiger partial charge in [0.15, 0.2) is 0 Å². The van der Waals surface area contributed by atoms with Crippen molar-refractivity contribution in [2.75, 3.05) is 0 Å². The molecule has 0 aromatic heterocycles. The molecule has 0 heterocycles. The van der Waals surface area contributed by atoms with Crippen molar-refractivity contribution in [2.45, 2.75) is 31.4 Å². The highest BCUT2D eigenvalue weighted by molar-refractivity contribution is 7.98. The predicted octanol–water partition coefficient (Wildman–Crippen LogP) is 4.60. The van der Waals surface area contributed by atoms with Gasteiger partial charge in [0.1, 0.15) is 0 Å². The Morgan fingerprint density at radius 3 is 2.25 bits per heavy atom. The first kappa shape index (κ1) is 14.7. The van der Waals surface area contributed by atoms with Crippen molar-refractivity contribution in [1.29, 1.82) is 0 Å². The van der Waals surface area contributed by atoms with E-state index < -0.39 is 5.97 Å². The molecule has 0 fully saturated rings. The Balaban J connectivity index is 2.12. The van der Waals surface area contributed by atoms with Crippen LogP contribution in [0.2, 0.25) is 0 Å². The third-order valence-electron chi connectivity index (χ3n) is 3.10. The minimum Gasteiger partial charge on any atom is -0.478 e. The molecule has 2 aromatic rings. The largest absolute Gasteiger partial charge is 0.478 e. The van der Waals surface area contributed by atoms with E-state index in [1.165, 1.54) is 16.7 Å². The van der Waals surface area contributed by atoms with Gasteiger partial charge in [-0.25, -0.2) is 4.79 Å². The zero-order chi connectivity index (χ0) is 14.7. The second-order valence-corrected chi connectivity index (χ2v) is 6.09. The summed E-state index contributed by atoms with van der Waals surface area (Å²) < 4.78 is 0.